The molecule has 0 saturated heterocycles. The lowest BCUT2D eigenvalue weighted by Gasteiger charge is -2.36. The molecule has 0 amide bonds. The summed E-state index contributed by atoms with van der Waals surface area (Å²) in [6, 6.07) is 4.22. The average molecular weight is 277 g/mol. The van der Waals surface area contributed by atoms with Crippen molar-refractivity contribution in [2.24, 2.45) is 5.92 Å². The van der Waals surface area contributed by atoms with E-state index < -0.39 is 17.7 Å². The molecule has 100 valence electrons. The molecule has 0 aliphatic heterocycles. The lowest BCUT2D eigenvalue weighted by Crippen LogP contribution is -2.34. The molecule has 1 aliphatic rings. The van der Waals surface area contributed by atoms with Gasteiger partial charge in [-0.1, -0.05) is 24.6 Å². The van der Waals surface area contributed by atoms with Crippen LogP contribution in [0.5, 0.6) is 0 Å². The molecule has 1 aliphatic carbocycles. The van der Waals surface area contributed by atoms with Crippen LogP contribution in [0.1, 0.15) is 44.1 Å². The monoisotopic (exact) mass is 276 g/mol. The van der Waals surface area contributed by atoms with Gasteiger partial charge in [0.1, 0.15) is 5.82 Å². The molecule has 1 aromatic rings. The Morgan fingerprint density at radius 2 is 2.11 bits per heavy atom. The average Bonchev–Trinajstić information content (AvgIpc) is 2.30. The first-order valence-electron chi connectivity index (χ1n) is 6.26. The van der Waals surface area contributed by atoms with Crippen molar-refractivity contribution in [2.75, 3.05) is 0 Å². The van der Waals surface area contributed by atoms with Gasteiger partial charge in [0, 0.05) is 17.4 Å². The van der Waals surface area contributed by atoms with E-state index in [-0.39, 0.29) is 12.3 Å². The molecular formula is C14H16ClF3. The van der Waals surface area contributed by atoms with Gasteiger partial charge in [-0.25, -0.2) is 13.2 Å². The highest BCUT2D eigenvalue weighted by atomic mass is 35.5. The molecule has 1 unspecified atom stereocenters. The third-order valence-corrected chi connectivity index (χ3v) is 4.21. The van der Waals surface area contributed by atoms with E-state index in [4.69, 9.17) is 11.6 Å². The zero-order valence-corrected chi connectivity index (χ0v) is 11.0. The highest BCUT2D eigenvalue weighted by Gasteiger charge is 2.43. The fourth-order valence-corrected chi connectivity index (χ4v) is 3.11. The summed E-state index contributed by atoms with van der Waals surface area (Å²) in [6.07, 6.45) is 1.19. The van der Waals surface area contributed by atoms with E-state index in [0.717, 1.165) is 5.56 Å². The van der Waals surface area contributed by atoms with E-state index in [2.05, 4.69) is 0 Å². The number of alkyl halides is 2. The van der Waals surface area contributed by atoms with Gasteiger partial charge in [0.25, 0.3) is 5.92 Å². The van der Waals surface area contributed by atoms with E-state index in [9.17, 15) is 13.2 Å². The minimum Gasteiger partial charge on any atom is -0.207 e. The molecule has 18 heavy (non-hydrogen) atoms. The maximum atomic E-state index is 13.6. The molecule has 0 heterocycles. The molecule has 0 spiro atoms. The van der Waals surface area contributed by atoms with Crippen molar-refractivity contribution in [3.8, 4) is 0 Å². The van der Waals surface area contributed by atoms with Crippen LogP contribution in [0.3, 0.4) is 0 Å². The molecule has 0 aromatic heterocycles. The highest BCUT2D eigenvalue weighted by Crippen LogP contribution is 2.47. The summed E-state index contributed by atoms with van der Waals surface area (Å²) >= 11 is 6.00. The third-order valence-electron chi connectivity index (χ3n) is 3.89. The Hall–Kier alpha value is -0.700. The molecule has 2 atom stereocenters. The van der Waals surface area contributed by atoms with Crippen LogP contribution in [-0.4, -0.2) is 5.92 Å². The first-order valence-corrected chi connectivity index (χ1v) is 6.64. The van der Waals surface area contributed by atoms with E-state index in [1.54, 1.807) is 13.0 Å². The van der Waals surface area contributed by atoms with Crippen molar-refractivity contribution in [2.45, 2.75) is 44.4 Å². The molecular weight excluding hydrogens is 261 g/mol. The second-order valence-electron chi connectivity index (χ2n) is 5.00. The predicted molar refractivity (Wildman–Crippen MR) is 66.7 cm³/mol. The quantitative estimate of drug-likeness (QED) is 0.678. The Morgan fingerprint density at radius 3 is 2.72 bits per heavy atom. The van der Waals surface area contributed by atoms with Crippen LogP contribution in [0.2, 0.25) is 5.02 Å². The van der Waals surface area contributed by atoms with Gasteiger partial charge < -0.3 is 0 Å². The number of halogens is 4. The van der Waals surface area contributed by atoms with Crippen LogP contribution in [0.25, 0.3) is 0 Å². The first-order chi connectivity index (χ1) is 8.44. The fourth-order valence-electron chi connectivity index (χ4n) is 2.78. The minimum atomic E-state index is -2.57. The summed E-state index contributed by atoms with van der Waals surface area (Å²) in [5.41, 5.74) is 0.798. The van der Waals surface area contributed by atoms with Crippen molar-refractivity contribution in [3.05, 3.63) is 34.6 Å². The Morgan fingerprint density at radius 1 is 1.39 bits per heavy atom. The second-order valence-corrected chi connectivity index (χ2v) is 5.41. The Balaban J connectivity index is 2.20. The van der Waals surface area contributed by atoms with Crippen LogP contribution in [0.15, 0.2) is 18.2 Å². The Kier molecular flexibility index (Phi) is 3.90. The van der Waals surface area contributed by atoms with Gasteiger partial charge >= 0.3 is 0 Å². The van der Waals surface area contributed by atoms with Crippen molar-refractivity contribution >= 4 is 11.6 Å². The topological polar surface area (TPSA) is 0 Å². The minimum absolute atomic E-state index is 0.0164. The molecule has 4 heteroatoms. The maximum Gasteiger partial charge on any atom is 0.250 e. The summed E-state index contributed by atoms with van der Waals surface area (Å²) in [5.74, 6) is -3.55. The van der Waals surface area contributed by atoms with Crippen molar-refractivity contribution in [1.29, 1.82) is 0 Å². The summed E-state index contributed by atoms with van der Waals surface area (Å²) in [6.45, 7) is 1.78. The summed E-state index contributed by atoms with van der Waals surface area (Å²) in [4.78, 5) is 0. The number of benzene rings is 1. The van der Waals surface area contributed by atoms with E-state index >= 15 is 0 Å². The Labute approximate surface area is 110 Å². The lowest BCUT2D eigenvalue weighted by atomic mass is 9.75. The Bertz CT molecular complexity index is 431. The van der Waals surface area contributed by atoms with Gasteiger partial charge in [-0.15, -0.1) is 0 Å². The smallest absolute Gasteiger partial charge is 0.207 e. The van der Waals surface area contributed by atoms with Gasteiger partial charge in [-0.05, 0) is 42.9 Å². The summed E-state index contributed by atoms with van der Waals surface area (Å²) in [7, 11) is 0. The number of hydrogen-bond donors (Lipinski definition) is 0. The summed E-state index contributed by atoms with van der Waals surface area (Å²) < 4.78 is 40.2. The SMILES string of the molecule is CCC1C[C@H](c2ccc(F)cc2Cl)CCC1(F)F. The van der Waals surface area contributed by atoms with Gasteiger partial charge in [0.15, 0.2) is 0 Å². The first kappa shape index (κ1) is 13.7. The van der Waals surface area contributed by atoms with E-state index in [0.29, 0.717) is 24.3 Å². The molecule has 1 fully saturated rings. The summed E-state index contributed by atoms with van der Waals surface area (Å²) in [5, 5.41) is 0.347. The second kappa shape index (κ2) is 5.12. The third kappa shape index (κ3) is 2.66. The van der Waals surface area contributed by atoms with Crippen LogP contribution in [-0.2, 0) is 0 Å². The fraction of sp³-hybridized carbons (Fsp3) is 0.571. The van der Waals surface area contributed by atoms with Crippen LogP contribution in [0.4, 0.5) is 13.2 Å². The van der Waals surface area contributed by atoms with Crippen LogP contribution >= 0.6 is 11.6 Å². The van der Waals surface area contributed by atoms with Gasteiger partial charge in [0.2, 0.25) is 0 Å². The molecule has 1 aromatic carbocycles. The van der Waals surface area contributed by atoms with Crippen LogP contribution < -0.4 is 0 Å². The largest absolute Gasteiger partial charge is 0.250 e. The van der Waals surface area contributed by atoms with Crippen molar-refractivity contribution in [1.82, 2.24) is 0 Å². The standard InChI is InChI=1S/C14H16ClF3/c1-2-10-7-9(5-6-14(10,17)18)12-4-3-11(16)8-13(12)15/h3-4,8-10H,2,5-7H2,1H3/t9-,10?/m1/s1. The molecule has 2 rings (SSSR count). The van der Waals surface area contributed by atoms with Crippen molar-refractivity contribution in [3.63, 3.8) is 0 Å². The zero-order chi connectivity index (χ0) is 13.3. The van der Waals surface area contributed by atoms with Gasteiger partial charge in [0.05, 0.1) is 0 Å². The molecule has 0 N–H and O–H groups in total. The van der Waals surface area contributed by atoms with Gasteiger partial charge in [-0.2, -0.15) is 0 Å². The van der Waals surface area contributed by atoms with E-state index in [1.165, 1.54) is 12.1 Å². The molecule has 0 nitrogen and oxygen atoms in total. The number of rotatable bonds is 2. The van der Waals surface area contributed by atoms with Gasteiger partial charge in [-0.3, -0.25) is 0 Å². The number of hydrogen-bond acceptors (Lipinski definition) is 0. The molecule has 0 radical (unpaired) electrons. The van der Waals surface area contributed by atoms with Crippen molar-refractivity contribution < 1.29 is 13.2 Å². The normalized spacial score (nSPS) is 27.2. The molecule has 1 saturated carbocycles. The van der Waals surface area contributed by atoms with E-state index in [1.807, 2.05) is 0 Å². The lowest BCUT2D eigenvalue weighted by molar-refractivity contribution is -0.0911. The van der Waals surface area contributed by atoms with Crippen LogP contribution in [0, 0.1) is 11.7 Å². The zero-order valence-electron chi connectivity index (χ0n) is 10.2. The maximum absolute atomic E-state index is 13.6. The predicted octanol–water partition coefficient (Wildman–Crippen LogP) is 5.41. The molecule has 0 bridgehead atoms. The highest BCUT2D eigenvalue weighted by molar-refractivity contribution is 6.31.